The standard InChI is InChI=1S/C21H17ClN2O3/c22-17-9-11-18(12-10-17)27-14-21(26)24-23-20(25)13-8-16-6-3-5-15-4-1-2-7-19(15)16/h1-13H,14H2,(H,23,25)(H,24,26)/b13-8+. The third kappa shape index (κ3) is 5.33. The van der Waals surface area contributed by atoms with Gasteiger partial charge in [0.2, 0.25) is 0 Å². The summed E-state index contributed by atoms with van der Waals surface area (Å²) in [5.74, 6) is -0.406. The Balaban J connectivity index is 1.49. The highest BCUT2D eigenvalue weighted by atomic mass is 35.5. The van der Waals surface area contributed by atoms with Gasteiger partial charge in [0.05, 0.1) is 0 Å². The van der Waals surface area contributed by atoms with Crippen molar-refractivity contribution in [1.82, 2.24) is 10.9 Å². The molecule has 3 aromatic rings. The van der Waals surface area contributed by atoms with E-state index in [0.29, 0.717) is 10.8 Å². The van der Waals surface area contributed by atoms with Gasteiger partial charge in [0.1, 0.15) is 5.75 Å². The molecular formula is C21H17ClN2O3. The van der Waals surface area contributed by atoms with Crippen LogP contribution in [0.4, 0.5) is 0 Å². The fourth-order valence-electron chi connectivity index (χ4n) is 2.45. The number of fused-ring (bicyclic) bond motifs is 1. The summed E-state index contributed by atoms with van der Waals surface area (Å²) in [5, 5.41) is 2.72. The summed E-state index contributed by atoms with van der Waals surface area (Å²) in [7, 11) is 0. The molecule has 3 rings (SSSR count). The highest BCUT2D eigenvalue weighted by Gasteiger charge is 2.04. The van der Waals surface area contributed by atoms with Gasteiger partial charge in [0.25, 0.3) is 11.8 Å². The zero-order chi connectivity index (χ0) is 19.1. The molecule has 0 heterocycles. The Hall–Kier alpha value is -3.31. The quantitative estimate of drug-likeness (QED) is 0.523. The number of carbonyl (C=O) groups excluding carboxylic acids is 2. The van der Waals surface area contributed by atoms with Crippen molar-refractivity contribution in [3.05, 3.63) is 83.4 Å². The zero-order valence-corrected chi connectivity index (χ0v) is 15.1. The average Bonchev–Trinajstić information content (AvgIpc) is 2.70. The smallest absolute Gasteiger partial charge is 0.276 e. The summed E-state index contributed by atoms with van der Waals surface area (Å²) in [6.45, 7) is -0.227. The molecule has 5 nitrogen and oxygen atoms in total. The van der Waals surface area contributed by atoms with Gasteiger partial charge in [-0.15, -0.1) is 0 Å². The number of carbonyl (C=O) groups is 2. The first-order valence-electron chi connectivity index (χ1n) is 8.25. The number of nitrogens with one attached hydrogen (secondary N) is 2. The first-order valence-corrected chi connectivity index (χ1v) is 8.62. The molecule has 0 fully saturated rings. The molecule has 27 heavy (non-hydrogen) atoms. The van der Waals surface area contributed by atoms with Gasteiger partial charge >= 0.3 is 0 Å². The van der Waals surface area contributed by atoms with Crippen LogP contribution in [-0.2, 0) is 9.59 Å². The number of hydrazine groups is 1. The van der Waals surface area contributed by atoms with Crippen molar-refractivity contribution in [1.29, 1.82) is 0 Å². The maximum absolute atomic E-state index is 11.9. The summed E-state index contributed by atoms with van der Waals surface area (Å²) in [6.07, 6.45) is 3.07. The van der Waals surface area contributed by atoms with Crippen molar-refractivity contribution >= 4 is 40.3 Å². The second kappa shape index (κ2) is 8.87. The second-order valence-electron chi connectivity index (χ2n) is 5.68. The molecule has 0 saturated heterocycles. The van der Waals surface area contributed by atoms with E-state index in [9.17, 15) is 9.59 Å². The molecule has 0 saturated carbocycles. The van der Waals surface area contributed by atoms with Crippen molar-refractivity contribution in [2.75, 3.05) is 6.61 Å². The van der Waals surface area contributed by atoms with Crippen molar-refractivity contribution in [2.24, 2.45) is 0 Å². The SMILES string of the molecule is O=C(/C=C/c1cccc2ccccc12)NNC(=O)COc1ccc(Cl)cc1. The summed E-state index contributed by atoms with van der Waals surface area (Å²) >= 11 is 5.78. The lowest BCUT2D eigenvalue weighted by molar-refractivity contribution is -0.128. The molecule has 6 heteroatoms. The van der Waals surface area contributed by atoms with Crippen molar-refractivity contribution in [2.45, 2.75) is 0 Å². The number of benzene rings is 3. The van der Waals surface area contributed by atoms with Crippen LogP contribution >= 0.6 is 11.6 Å². The monoisotopic (exact) mass is 380 g/mol. The lowest BCUT2D eigenvalue weighted by Crippen LogP contribution is -2.43. The number of hydrogen-bond acceptors (Lipinski definition) is 3. The molecule has 3 aromatic carbocycles. The topological polar surface area (TPSA) is 67.4 Å². The molecular weight excluding hydrogens is 364 g/mol. The van der Waals surface area contributed by atoms with Crippen molar-refractivity contribution < 1.29 is 14.3 Å². The fourth-order valence-corrected chi connectivity index (χ4v) is 2.58. The Morgan fingerprint density at radius 3 is 2.48 bits per heavy atom. The number of hydrogen-bond donors (Lipinski definition) is 2. The molecule has 0 spiro atoms. The Morgan fingerprint density at radius 1 is 0.926 bits per heavy atom. The first-order chi connectivity index (χ1) is 13.1. The molecule has 0 aliphatic carbocycles. The van der Waals surface area contributed by atoms with Gasteiger partial charge in [-0.05, 0) is 46.7 Å². The van der Waals surface area contributed by atoms with E-state index in [2.05, 4.69) is 10.9 Å². The predicted octanol–water partition coefficient (Wildman–Crippen LogP) is 3.73. The van der Waals surface area contributed by atoms with E-state index in [-0.39, 0.29) is 6.61 Å². The highest BCUT2D eigenvalue weighted by Crippen LogP contribution is 2.19. The molecule has 2 N–H and O–H groups in total. The van der Waals surface area contributed by atoms with E-state index in [1.54, 1.807) is 30.3 Å². The summed E-state index contributed by atoms with van der Waals surface area (Å²) in [6, 6.07) is 20.4. The number of halogens is 1. The van der Waals surface area contributed by atoms with Crippen molar-refractivity contribution in [3.8, 4) is 5.75 Å². The molecule has 0 bridgehead atoms. The lowest BCUT2D eigenvalue weighted by Gasteiger charge is -2.07. The van der Waals surface area contributed by atoms with Crippen LogP contribution in [0.2, 0.25) is 5.02 Å². The largest absolute Gasteiger partial charge is 0.484 e. The van der Waals surface area contributed by atoms with Gasteiger partial charge < -0.3 is 4.74 Å². The summed E-state index contributed by atoms with van der Waals surface area (Å²) in [4.78, 5) is 23.6. The second-order valence-corrected chi connectivity index (χ2v) is 6.12. The van der Waals surface area contributed by atoms with Crippen LogP contribution < -0.4 is 15.6 Å². The maximum atomic E-state index is 11.9. The first kappa shape index (κ1) is 18.5. The van der Waals surface area contributed by atoms with Gasteiger partial charge in [-0.25, -0.2) is 0 Å². The molecule has 0 aliphatic rings. The molecule has 0 atom stereocenters. The van der Waals surface area contributed by atoms with Gasteiger partial charge in [0, 0.05) is 11.1 Å². The van der Waals surface area contributed by atoms with Gasteiger partial charge in [-0.1, -0.05) is 54.1 Å². The number of rotatable bonds is 5. The van der Waals surface area contributed by atoms with Gasteiger partial charge in [-0.2, -0.15) is 0 Å². The molecule has 0 unspecified atom stereocenters. The molecule has 0 radical (unpaired) electrons. The Bertz CT molecular complexity index is 979. The fraction of sp³-hybridized carbons (Fsp3) is 0.0476. The Labute approximate surface area is 161 Å². The minimum absolute atomic E-state index is 0.227. The molecule has 0 aromatic heterocycles. The van der Waals surface area contributed by atoms with Crippen LogP contribution in [-0.4, -0.2) is 18.4 Å². The third-order valence-electron chi connectivity index (χ3n) is 3.75. The van der Waals surface area contributed by atoms with Crippen LogP contribution in [0.3, 0.4) is 0 Å². The molecule has 0 aliphatic heterocycles. The maximum Gasteiger partial charge on any atom is 0.276 e. The lowest BCUT2D eigenvalue weighted by atomic mass is 10.0. The highest BCUT2D eigenvalue weighted by molar-refractivity contribution is 6.30. The normalized spacial score (nSPS) is 10.7. The van der Waals surface area contributed by atoms with Crippen LogP contribution in [0.5, 0.6) is 5.75 Å². The van der Waals surface area contributed by atoms with Crippen LogP contribution in [0.15, 0.2) is 72.8 Å². The van der Waals surface area contributed by atoms with Gasteiger partial charge in [0.15, 0.2) is 6.61 Å². The predicted molar refractivity (Wildman–Crippen MR) is 106 cm³/mol. The van der Waals surface area contributed by atoms with E-state index in [0.717, 1.165) is 16.3 Å². The van der Waals surface area contributed by atoms with Gasteiger partial charge in [-0.3, -0.25) is 20.4 Å². The average molecular weight is 381 g/mol. The summed E-state index contributed by atoms with van der Waals surface area (Å²) < 4.78 is 5.29. The van der Waals surface area contributed by atoms with E-state index < -0.39 is 11.8 Å². The summed E-state index contributed by atoms with van der Waals surface area (Å²) in [5.41, 5.74) is 5.53. The minimum Gasteiger partial charge on any atom is -0.484 e. The van der Waals surface area contributed by atoms with E-state index in [1.165, 1.54) is 6.08 Å². The van der Waals surface area contributed by atoms with Crippen LogP contribution in [0.25, 0.3) is 16.8 Å². The minimum atomic E-state index is -0.475. The van der Waals surface area contributed by atoms with E-state index >= 15 is 0 Å². The number of amides is 2. The Kier molecular flexibility index (Phi) is 6.07. The van der Waals surface area contributed by atoms with E-state index in [4.69, 9.17) is 16.3 Å². The van der Waals surface area contributed by atoms with Crippen LogP contribution in [0.1, 0.15) is 5.56 Å². The molecule has 2 amide bonds. The zero-order valence-electron chi connectivity index (χ0n) is 14.3. The number of ether oxygens (including phenoxy) is 1. The third-order valence-corrected chi connectivity index (χ3v) is 4.00. The van der Waals surface area contributed by atoms with E-state index in [1.807, 2.05) is 42.5 Å². The van der Waals surface area contributed by atoms with Crippen molar-refractivity contribution in [3.63, 3.8) is 0 Å². The molecule has 136 valence electrons. The van der Waals surface area contributed by atoms with Crippen LogP contribution in [0, 0.1) is 0 Å². The Morgan fingerprint density at radius 2 is 1.67 bits per heavy atom.